The van der Waals surface area contributed by atoms with Gasteiger partial charge in [0.15, 0.2) is 0 Å². The molecule has 0 bridgehead atoms. The number of hydrogen-bond acceptors (Lipinski definition) is 3. The molecule has 3 saturated heterocycles. The number of ether oxygens (including phenoxy) is 3. The molecule has 140 valence electrons. The standard InChI is InChI=1S/C23H30O3/c1-17-14-18-8-2-3-9-19(18,24-18)15(17)21-11-6-7-13-23(21,26-21)16(17)22-12-5-4-10-20(14,22)25-22/h14-16H,2-13H2,1H3/t14?,15?,16?,17?,18-,19+,20+,21-,22-,23+. The highest BCUT2D eigenvalue weighted by molar-refractivity contribution is 5.57. The quantitative estimate of drug-likeness (QED) is 0.614. The van der Waals surface area contributed by atoms with Crippen molar-refractivity contribution < 1.29 is 14.2 Å². The van der Waals surface area contributed by atoms with Gasteiger partial charge in [-0.3, -0.25) is 0 Å². The van der Waals surface area contributed by atoms with Crippen LogP contribution in [0.25, 0.3) is 0 Å². The molecule has 0 amide bonds. The monoisotopic (exact) mass is 354 g/mol. The Bertz CT molecular complexity index is 653. The molecule has 0 aromatic rings. The van der Waals surface area contributed by atoms with Crippen LogP contribution in [-0.2, 0) is 14.2 Å². The molecule has 9 fully saturated rings. The van der Waals surface area contributed by atoms with Crippen LogP contribution in [0.4, 0.5) is 0 Å². The first-order valence-electron chi connectivity index (χ1n) is 11.7. The summed E-state index contributed by atoms with van der Waals surface area (Å²) < 4.78 is 21.0. The smallest absolute Gasteiger partial charge is 0.105 e. The van der Waals surface area contributed by atoms with Crippen molar-refractivity contribution in [1.29, 1.82) is 0 Å². The highest BCUT2D eigenvalue weighted by Crippen LogP contribution is 2.99. The van der Waals surface area contributed by atoms with E-state index in [9.17, 15) is 0 Å². The summed E-state index contributed by atoms with van der Waals surface area (Å²) in [4.78, 5) is 0. The molecule has 3 nitrogen and oxygen atoms in total. The Kier molecular flexibility index (Phi) is 1.75. The second-order valence-electron chi connectivity index (χ2n) is 11.9. The average Bonchev–Trinajstić information content (AvgIpc) is 3.52. The lowest BCUT2D eigenvalue weighted by Crippen LogP contribution is -2.45. The van der Waals surface area contributed by atoms with Gasteiger partial charge in [0, 0.05) is 17.8 Å². The molecule has 3 heteroatoms. The largest absolute Gasteiger partial charge is 0.362 e. The van der Waals surface area contributed by atoms with Crippen LogP contribution in [0, 0.1) is 23.2 Å². The molecule has 9 aliphatic rings. The third kappa shape index (κ3) is 0.870. The van der Waals surface area contributed by atoms with Gasteiger partial charge in [-0.25, -0.2) is 0 Å². The maximum atomic E-state index is 7.01. The predicted octanol–water partition coefficient (Wildman–Crippen LogP) is 4.13. The van der Waals surface area contributed by atoms with Crippen molar-refractivity contribution in [3.63, 3.8) is 0 Å². The van der Waals surface area contributed by atoms with Crippen LogP contribution in [0.1, 0.15) is 84.0 Å². The van der Waals surface area contributed by atoms with Gasteiger partial charge in [-0.15, -0.1) is 0 Å². The molecule has 3 aliphatic heterocycles. The average molecular weight is 354 g/mol. The van der Waals surface area contributed by atoms with E-state index in [-0.39, 0.29) is 33.6 Å². The molecule has 0 N–H and O–H groups in total. The zero-order chi connectivity index (χ0) is 16.8. The molecule has 6 saturated carbocycles. The maximum absolute atomic E-state index is 7.01. The van der Waals surface area contributed by atoms with Gasteiger partial charge in [0.25, 0.3) is 0 Å². The minimum absolute atomic E-state index is 0.169. The highest BCUT2D eigenvalue weighted by atomic mass is 16.7. The summed E-state index contributed by atoms with van der Waals surface area (Å²) in [5.74, 6) is 2.00. The Labute approximate surface area is 155 Å². The molecule has 3 unspecified atom stereocenters. The second kappa shape index (κ2) is 3.27. The molecule has 9 atom stereocenters. The van der Waals surface area contributed by atoms with E-state index in [0.29, 0.717) is 23.2 Å². The van der Waals surface area contributed by atoms with Gasteiger partial charge in [0.2, 0.25) is 0 Å². The van der Waals surface area contributed by atoms with Gasteiger partial charge in [-0.2, -0.15) is 0 Å². The third-order valence-electron chi connectivity index (χ3n) is 11.8. The Morgan fingerprint density at radius 1 is 0.462 bits per heavy atom. The lowest BCUT2D eigenvalue weighted by atomic mass is 9.66. The van der Waals surface area contributed by atoms with Gasteiger partial charge < -0.3 is 14.2 Å². The highest BCUT2D eigenvalue weighted by Gasteiger charge is 3.10. The summed E-state index contributed by atoms with van der Waals surface area (Å²) in [6.45, 7) is 2.71. The molecule has 6 aliphatic carbocycles. The van der Waals surface area contributed by atoms with E-state index in [1.165, 1.54) is 77.0 Å². The molecular weight excluding hydrogens is 324 g/mol. The first-order chi connectivity index (χ1) is 12.6. The summed E-state index contributed by atoms with van der Waals surface area (Å²) in [6.07, 6.45) is 16.1. The lowest BCUT2D eigenvalue weighted by Gasteiger charge is -2.43. The zero-order valence-electron chi connectivity index (χ0n) is 15.9. The Morgan fingerprint density at radius 3 is 0.923 bits per heavy atom. The van der Waals surface area contributed by atoms with Crippen LogP contribution in [0.15, 0.2) is 0 Å². The van der Waals surface area contributed by atoms with Gasteiger partial charge in [-0.05, 0) is 43.9 Å². The SMILES string of the molecule is CC12C3[C@@]45CCCC[C@@]4(O5)C1[C@@]14CCCC[C@@]1(O4)C2[C@@]12CCCC[C@@]31O2. The summed E-state index contributed by atoms with van der Waals surface area (Å²) in [7, 11) is 0. The molecule has 3 heterocycles. The van der Waals surface area contributed by atoms with Crippen molar-refractivity contribution >= 4 is 0 Å². The van der Waals surface area contributed by atoms with Gasteiger partial charge in [0.1, 0.15) is 33.6 Å². The van der Waals surface area contributed by atoms with Crippen LogP contribution in [0.2, 0.25) is 0 Å². The predicted molar refractivity (Wildman–Crippen MR) is 93.6 cm³/mol. The van der Waals surface area contributed by atoms with Crippen molar-refractivity contribution in [3.05, 3.63) is 0 Å². The summed E-state index contributed by atoms with van der Waals surface area (Å²) in [6, 6.07) is 0. The van der Waals surface area contributed by atoms with Crippen LogP contribution in [0.5, 0.6) is 0 Å². The van der Waals surface area contributed by atoms with Crippen molar-refractivity contribution in [2.24, 2.45) is 23.2 Å². The fraction of sp³-hybridized carbons (Fsp3) is 1.00. The zero-order valence-corrected chi connectivity index (χ0v) is 15.9. The third-order valence-corrected chi connectivity index (χ3v) is 11.8. The van der Waals surface area contributed by atoms with Gasteiger partial charge in [-0.1, -0.05) is 45.4 Å². The van der Waals surface area contributed by atoms with E-state index < -0.39 is 0 Å². The van der Waals surface area contributed by atoms with E-state index in [2.05, 4.69) is 6.92 Å². The van der Waals surface area contributed by atoms with Gasteiger partial charge in [0.05, 0.1) is 0 Å². The van der Waals surface area contributed by atoms with E-state index in [1.807, 2.05) is 0 Å². The second-order valence-corrected chi connectivity index (χ2v) is 11.9. The number of epoxide rings is 3. The summed E-state index contributed by atoms with van der Waals surface area (Å²) in [5.41, 5.74) is 1.44. The normalized spacial score (nSPS) is 78.1. The van der Waals surface area contributed by atoms with E-state index in [4.69, 9.17) is 14.2 Å². The number of rotatable bonds is 0. The van der Waals surface area contributed by atoms with Crippen LogP contribution >= 0.6 is 0 Å². The first kappa shape index (κ1) is 14.0. The molecule has 0 aromatic heterocycles. The van der Waals surface area contributed by atoms with E-state index >= 15 is 0 Å². The molecule has 26 heavy (non-hydrogen) atoms. The summed E-state index contributed by atoms with van der Waals surface area (Å²) >= 11 is 0. The molecule has 0 spiro atoms. The fourth-order valence-corrected chi connectivity index (χ4v) is 12.1. The maximum Gasteiger partial charge on any atom is 0.105 e. The fourth-order valence-electron chi connectivity index (χ4n) is 12.1. The van der Waals surface area contributed by atoms with E-state index in [0.717, 1.165) is 0 Å². The number of hydrogen-bond donors (Lipinski definition) is 0. The summed E-state index contributed by atoms with van der Waals surface area (Å²) in [5, 5.41) is 0. The molecular formula is C23H30O3. The van der Waals surface area contributed by atoms with Crippen molar-refractivity contribution in [1.82, 2.24) is 0 Å². The van der Waals surface area contributed by atoms with Crippen LogP contribution in [-0.4, -0.2) is 33.6 Å². The van der Waals surface area contributed by atoms with Crippen LogP contribution < -0.4 is 0 Å². The Hall–Kier alpha value is -0.120. The van der Waals surface area contributed by atoms with Gasteiger partial charge >= 0.3 is 0 Å². The molecule has 9 rings (SSSR count). The van der Waals surface area contributed by atoms with Crippen molar-refractivity contribution in [2.45, 2.75) is 118 Å². The van der Waals surface area contributed by atoms with Crippen molar-refractivity contribution in [2.75, 3.05) is 0 Å². The molecule has 0 radical (unpaired) electrons. The minimum atomic E-state index is 0.169. The van der Waals surface area contributed by atoms with Crippen LogP contribution in [0.3, 0.4) is 0 Å². The minimum Gasteiger partial charge on any atom is -0.362 e. The Balaban J connectivity index is 1.38. The lowest BCUT2D eigenvalue weighted by molar-refractivity contribution is -0.107. The van der Waals surface area contributed by atoms with Crippen molar-refractivity contribution in [3.8, 4) is 0 Å². The van der Waals surface area contributed by atoms with E-state index in [1.54, 1.807) is 0 Å². The Morgan fingerprint density at radius 2 is 0.692 bits per heavy atom. The first-order valence-corrected chi connectivity index (χ1v) is 11.7. The topological polar surface area (TPSA) is 37.6 Å². The molecule has 0 aromatic carbocycles.